The van der Waals surface area contributed by atoms with Crippen LogP contribution in [0.25, 0.3) is 11.5 Å². The van der Waals surface area contributed by atoms with Crippen LogP contribution < -0.4 is 10.6 Å². The molecule has 0 atom stereocenters. The van der Waals surface area contributed by atoms with Crippen molar-refractivity contribution in [3.63, 3.8) is 0 Å². The maximum atomic E-state index is 11.4. The first-order valence-corrected chi connectivity index (χ1v) is 8.26. The number of rotatable bonds is 3. The van der Waals surface area contributed by atoms with Crippen LogP contribution >= 0.6 is 0 Å². The highest BCUT2D eigenvalue weighted by Crippen LogP contribution is 2.20. The fourth-order valence-electron chi connectivity index (χ4n) is 2.80. The summed E-state index contributed by atoms with van der Waals surface area (Å²) in [4.78, 5) is 28.9. The molecule has 0 unspecified atom stereocenters. The van der Waals surface area contributed by atoms with E-state index in [2.05, 4.69) is 21.8 Å². The quantitative estimate of drug-likeness (QED) is 0.927. The van der Waals surface area contributed by atoms with E-state index < -0.39 is 0 Å². The van der Waals surface area contributed by atoms with Crippen LogP contribution in [0.5, 0.6) is 0 Å². The first-order chi connectivity index (χ1) is 11.7. The number of aromatic nitrogens is 3. The number of pyridine rings is 1. The second-order valence-electron chi connectivity index (χ2n) is 5.78. The van der Waals surface area contributed by atoms with E-state index in [0.29, 0.717) is 25.5 Å². The summed E-state index contributed by atoms with van der Waals surface area (Å²) in [5, 5.41) is 0. The molecule has 3 rings (SSSR count). The summed E-state index contributed by atoms with van der Waals surface area (Å²) in [5.41, 5.74) is 7.15. The molecule has 0 spiro atoms. The minimum Gasteiger partial charge on any atom is -0.355 e. The molecular formula is C17H22N6O. The number of hydrogen-bond acceptors (Lipinski definition) is 5. The first kappa shape index (κ1) is 16.2. The van der Waals surface area contributed by atoms with Crippen LogP contribution in [-0.2, 0) is 6.42 Å². The highest BCUT2D eigenvalue weighted by molar-refractivity contribution is 5.72. The van der Waals surface area contributed by atoms with Crippen LogP contribution in [-0.4, -0.2) is 52.1 Å². The molecule has 1 aliphatic rings. The normalized spacial score (nSPS) is 15.2. The molecule has 0 saturated carbocycles. The Morgan fingerprint density at radius 2 is 2.08 bits per heavy atom. The Morgan fingerprint density at radius 3 is 2.79 bits per heavy atom. The summed E-state index contributed by atoms with van der Waals surface area (Å²) < 4.78 is 0. The zero-order valence-electron chi connectivity index (χ0n) is 13.9. The molecule has 2 aromatic rings. The lowest BCUT2D eigenvalue weighted by molar-refractivity contribution is 0.211. The Hall–Kier alpha value is -2.70. The van der Waals surface area contributed by atoms with E-state index in [9.17, 15) is 4.79 Å². The van der Waals surface area contributed by atoms with Crippen molar-refractivity contribution in [3.05, 3.63) is 36.2 Å². The molecule has 1 saturated heterocycles. The van der Waals surface area contributed by atoms with Crippen molar-refractivity contribution in [3.8, 4) is 11.5 Å². The van der Waals surface area contributed by atoms with Crippen LogP contribution in [0.15, 0.2) is 30.5 Å². The van der Waals surface area contributed by atoms with Gasteiger partial charge in [0, 0.05) is 44.1 Å². The molecule has 7 heteroatoms. The number of nitrogens with two attached hydrogens (primary N) is 1. The van der Waals surface area contributed by atoms with Gasteiger partial charge in [-0.15, -0.1) is 0 Å². The standard InChI is InChI=1S/C17H22N6O/c1-2-13-12-15(21-16(20-13)14-6-3-4-7-19-14)22-8-5-9-23(11-10-22)17(18)24/h3-4,6-7,12H,2,5,8-11H2,1H3,(H2,18,24). The van der Waals surface area contributed by atoms with E-state index in [0.717, 1.165) is 36.6 Å². The van der Waals surface area contributed by atoms with Crippen molar-refractivity contribution in [2.75, 3.05) is 31.1 Å². The smallest absolute Gasteiger partial charge is 0.314 e. The van der Waals surface area contributed by atoms with Crippen molar-refractivity contribution in [1.82, 2.24) is 19.9 Å². The molecule has 2 N–H and O–H groups in total. The topological polar surface area (TPSA) is 88.2 Å². The molecule has 0 aliphatic carbocycles. The molecule has 3 heterocycles. The predicted molar refractivity (Wildman–Crippen MR) is 92.6 cm³/mol. The highest BCUT2D eigenvalue weighted by Gasteiger charge is 2.19. The SMILES string of the molecule is CCc1cc(N2CCCN(C(N)=O)CC2)nc(-c2ccccn2)n1. The van der Waals surface area contributed by atoms with Gasteiger partial charge in [-0.25, -0.2) is 14.8 Å². The highest BCUT2D eigenvalue weighted by atomic mass is 16.2. The number of carbonyl (C=O) groups excluding carboxylic acids is 1. The van der Waals surface area contributed by atoms with Crippen LogP contribution in [0.3, 0.4) is 0 Å². The number of hydrogen-bond donors (Lipinski definition) is 1. The monoisotopic (exact) mass is 326 g/mol. The molecule has 2 aromatic heterocycles. The van der Waals surface area contributed by atoms with Gasteiger partial charge in [-0.3, -0.25) is 4.98 Å². The Morgan fingerprint density at radius 1 is 1.21 bits per heavy atom. The van der Waals surface area contributed by atoms with Gasteiger partial charge >= 0.3 is 6.03 Å². The number of urea groups is 1. The molecule has 0 aromatic carbocycles. The lowest BCUT2D eigenvalue weighted by Crippen LogP contribution is -2.38. The maximum absolute atomic E-state index is 11.4. The van der Waals surface area contributed by atoms with E-state index in [4.69, 9.17) is 10.7 Å². The second kappa shape index (κ2) is 7.25. The Kier molecular flexibility index (Phi) is 4.88. The van der Waals surface area contributed by atoms with Crippen LogP contribution in [0.1, 0.15) is 19.0 Å². The van der Waals surface area contributed by atoms with Crippen molar-refractivity contribution in [1.29, 1.82) is 0 Å². The number of primary amides is 1. The molecular weight excluding hydrogens is 304 g/mol. The summed E-state index contributed by atoms with van der Waals surface area (Å²) in [6.45, 7) is 4.92. The number of carbonyl (C=O) groups is 1. The van der Waals surface area contributed by atoms with Crippen molar-refractivity contribution in [2.24, 2.45) is 5.73 Å². The molecule has 1 fully saturated rings. The van der Waals surface area contributed by atoms with E-state index in [1.165, 1.54) is 0 Å². The van der Waals surface area contributed by atoms with Gasteiger partial charge in [0.2, 0.25) is 0 Å². The van der Waals surface area contributed by atoms with Crippen molar-refractivity contribution in [2.45, 2.75) is 19.8 Å². The third-order valence-corrected chi connectivity index (χ3v) is 4.15. The Bertz CT molecular complexity index is 705. The average Bonchev–Trinajstić information content (AvgIpc) is 2.88. The third kappa shape index (κ3) is 3.61. The third-order valence-electron chi connectivity index (χ3n) is 4.15. The van der Waals surface area contributed by atoms with Crippen molar-refractivity contribution < 1.29 is 4.79 Å². The lowest BCUT2D eigenvalue weighted by Gasteiger charge is -2.23. The number of anilines is 1. The summed E-state index contributed by atoms with van der Waals surface area (Å²) in [5.74, 6) is 1.52. The first-order valence-electron chi connectivity index (χ1n) is 8.26. The zero-order valence-corrected chi connectivity index (χ0v) is 13.9. The van der Waals surface area contributed by atoms with Gasteiger partial charge in [-0.05, 0) is 25.0 Å². The van der Waals surface area contributed by atoms with E-state index in [1.54, 1.807) is 11.1 Å². The van der Waals surface area contributed by atoms with E-state index in [-0.39, 0.29) is 6.03 Å². The van der Waals surface area contributed by atoms with Gasteiger partial charge < -0.3 is 15.5 Å². The molecule has 7 nitrogen and oxygen atoms in total. The fraction of sp³-hybridized carbons (Fsp3) is 0.412. The summed E-state index contributed by atoms with van der Waals surface area (Å²) in [6.07, 6.45) is 3.44. The second-order valence-corrected chi connectivity index (χ2v) is 5.78. The van der Waals surface area contributed by atoms with Gasteiger partial charge in [-0.2, -0.15) is 0 Å². The Balaban J connectivity index is 1.89. The molecule has 0 radical (unpaired) electrons. The minimum atomic E-state index is -0.358. The number of nitrogens with zero attached hydrogens (tertiary/aromatic N) is 5. The largest absolute Gasteiger partial charge is 0.355 e. The zero-order chi connectivity index (χ0) is 16.9. The molecule has 1 aliphatic heterocycles. The predicted octanol–water partition coefficient (Wildman–Crippen LogP) is 1.69. The molecule has 24 heavy (non-hydrogen) atoms. The van der Waals surface area contributed by atoms with Crippen molar-refractivity contribution >= 4 is 11.8 Å². The van der Waals surface area contributed by atoms with E-state index in [1.807, 2.05) is 24.3 Å². The van der Waals surface area contributed by atoms with Gasteiger partial charge in [0.1, 0.15) is 11.5 Å². The van der Waals surface area contributed by atoms with E-state index >= 15 is 0 Å². The number of amides is 2. The van der Waals surface area contributed by atoms with Gasteiger partial charge in [0.15, 0.2) is 5.82 Å². The fourth-order valence-corrected chi connectivity index (χ4v) is 2.80. The van der Waals surface area contributed by atoms with Crippen LogP contribution in [0, 0.1) is 0 Å². The van der Waals surface area contributed by atoms with Crippen LogP contribution in [0.2, 0.25) is 0 Å². The minimum absolute atomic E-state index is 0.358. The molecule has 2 amide bonds. The summed E-state index contributed by atoms with van der Waals surface area (Å²) in [7, 11) is 0. The number of aryl methyl sites for hydroxylation is 1. The van der Waals surface area contributed by atoms with Crippen LogP contribution in [0.4, 0.5) is 10.6 Å². The lowest BCUT2D eigenvalue weighted by atomic mass is 10.2. The van der Waals surface area contributed by atoms with Gasteiger partial charge in [0.25, 0.3) is 0 Å². The molecule has 126 valence electrons. The van der Waals surface area contributed by atoms with Gasteiger partial charge in [0.05, 0.1) is 0 Å². The summed E-state index contributed by atoms with van der Waals surface area (Å²) >= 11 is 0. The Labute approximate surface area is 141 Å². The maximum Gasteiger partial charge on any atom is 0.314 e. The van der Waals surface area contributed by atoms with Gasteiger partial charge in [-0.1, -0.05) is 13.0 Å². The molecule has 0 bridgehead atoms. The average molecular weight is 326 g/mol. The summed E-state index contributed by atoms with van der Waals surface area (Å²) in [6, 6.07) is 7.38.